The monoisotopic (exact) mass is 322 g/mol. The third kappa shape index (κ3) is 3.93. The Morgan fingerprint density at radius 1 is 1.35 bits per heavy atom. The number of nitrogen functional groups attached to an aromatic ring is 1. The van der Waals surface area contributed by atoms with Crippen molar-refractivity contribution in [2.75, 3.05) is 17.6 Å². The van der Waals surface area contributed by atoms with Crippen LogP contribution in [0.4, 0.5) is 20.4 Å². The van der Waals surface area contributed by atoms with E-state index in [9.17, 15) is 13.6 Å². The van der Waals surface area contributed by atoms with Crippen molar-refractivity contribution in [3.05, 3.63) is 41.5 Å². The molecule has 0 aliphatic rings. The average molecular weight is 322 g/mol. The van der Waals surface area contributed by atoms with Crippen LogP contribution in [0.25, 0.3) is 0 Å². The molecule has 0 aliphatic heterocycles. The highest BCUT2D eigenvalue weighted by molar-refractivity contribution is 6.11. The number of nitrogens with one attached hydrogen (secondary N) is 2. The summed E-state index contributed by atoms with van der Waals surface area (Å²) >= 11 is 0. The van der Waals surface area contributed by atoms with E-state index >= 15 is 0 Å². The highest BCUT2D eigenvalue weighted by Gasteiger charge is 2.16. The number of hydrogen-bond donors (Lipinski definition) is 4. The van der Waals surface area contributed by atoms with Gasteiger partial charge in [-0.3, -0.25) is 10.2 Å². The predicted octanol–water partition coefficient (Wildman–Crippen LogP) is 1.03. The van der Waals surface area contributed by atoms with Gasteiger partial charge in [-0.1, -0.05) is 0 Å². The van der Waals surface area contributed by atoms with E-state index in [0.29, 0.717) is 0 Å². The zero-order chi connectivity index (χ0) is 17.0. The van der Waals surface area contributed by atoms with Gasteiger partial charge in [-0.15, -0.1) is 0 Å². The van der Waals surface area contributed by atoms with Crippen molar-refractivity contribution in [2.45, 2.75) is 6.42 Å². The smallest absolute Gasteiger partial charge is 0.305 e. The Morgan fingerprint density at radius 3 is 2.78 bits per heavy atom. The molecule has 0 radical (unpaired) electrons. The standard InChI is InChI=1S/C13H12F2N6O2/c14-6-3-7(11(17)19-4-6)10(16)13-20-5-8(15)12(21-13)18-2-1-9(22)23/h3-5,16H,1-2H2,(H2,17,19)(H,22,23)(H,18,20,21). The van der Waals surface area contributed by atoms with Crippen LogP contribution in [0.3, 0.4) is 0 Å². The van der Waals surface area contributed by atoms with Gasteiger partial charge in [-0.2, -0.15) is 0 Å². The number of carboxylic acid groups (broad SMARTS) is 1. The minimum Gasteiger partial charge on any atom is -0.481 e. The minimum absolute atomic E-state index is 0.0342. The molecule has 0 saturated heterocycles. The van der Waals surface area contributed by atoms with E-state index in [2.05, 4.69) is 20.3 Å². The van der Waals surface area contributed by atoms with Gasteiger partial charge in [0.1, 0.15) is 17.3 Å². The maximum atomic E-state index is 13.6. The second-order valence-corrected chi connectivity index (χ2v) is 4.42. The predicted molar refractivity (Wildman–Crippen MR) is 77.3 cm³/mol. The van der Waals surface area contributed by atoms with Crippen molar-refractivity contribution >= 4 is 23.3 Å². The maximum absolute atomic E-state index is 13.6. The molecule has 120 valence electrons. The fourth-order valence-corrected chi connectivity index (χ4v) is 1.67. The molecule has 0 aliphatic carbocycles. The van der Waals surface area contributed by atoms with E-state index in [1.165, 1.54) is 0 Å². The molecule has 10 heteroatoms. The van der Waals surface area contributed by atoms with Gasteiger partial charge in [0, 0.05) is 12.1 Å². The van der Waals surface area contributed by atoms with Crippen LogP contribution < -0.4 is 11.1 Å². The van der Waals surface area contributed by atoms with Gasteiger partial charge in [0.25, 0.3) is 0 Å². The van der Waals surface area contributed by atoms with Crippen LogP contribution in [0, 0.1) is 17.0 Å². The summed E-state index contributed by atoms with van der Waals surface area (Å²) in [6.45, 7) is -0.0559. The van der Waals surface area contributed by atoms with E-state index in [1.807, 2.05) is 0 Å². The fourth-order valence-electron chi connectivity index (χ4n) is 1.67. The number of aromatic nitrogens is 3. The van der Waals surface area contributed by atoms with Crippen LogP contribution in [0.15, 0.2) is 18.5 Å². The van der Waals surface area contributed by atoms with E-state index in [-0.39, 0.29) is 41.7 Å². The van der Waals surface area contributed by atoms with Crippen molar-refractivity contribution in [1.82, 2.24) is 15.0 Å². The third-order valence-corrected chi connectivity index (χ3v) is 2.75. The molecule has 2 aromatic heterocycles. The van der Waals surface area contributed by atoms with Crippen molar-refractivity contribution < 1.29 is 18.7 Å². The molecule has 0 amide bonds. The molecule has 8 nitrogen and oxygen atoms in total. The number of nitrogens with two attached hydrogens (primary N) is 1. The van der Waals surface area contributed by atoms with Crippen molar-refractivity contribution in [3.8, 4) is 0 Å². The summed E-state index contributed by atoms with van der Waals surface area (Å²) in [5, 5.41) is 19.0. The summed E-state index contributed by atoms with van der Waals surface area (Å²) in [5.74, 6) is -3.12. The zero-order valence-electron chi connectivity index (χ0n) is 11.7. The number of nitrogens with zero attached hydrogens (tertiary/aromatic N) is 3. The molecule has 0 spiro atoms. The fraction of sp³-hybridized carbons (Fsp3) is 0.154. The lowest BCUT2D eigenvalue weighted by Crippen LogP contribution is -2.15. The number of rotatable bonds is 6. The molecule has 0 saturated carbocycles. The first-order valence-electron chi connectivity index (χ1n) is 6.37. The minimum atomic E-state index is -1.06. The third-order valence-electron chi connectivity index (χ3n) is 2.75. The second-order valence-electron chi connectivity index (χ2n) is 4.42. The summed E-state index contributed by atoms with van der Waals surface area (Å²) in [5.41, 5.74) is 5.21. The molecule has 0 atom stereocenters. The van der Waals surface area contributed by atoms with Gasteiger partial charge in [0.2, 0.25) is 0 Å². The van der Waals surface area contributed by atoms with Crippen LogP contribution in [0.2, 0.25) is 0 Å². The Hall–Kier alpha value is -3.17. The Bertz CT molecular complexity index is 768. The molecule has 0 aromatic carbocycles. The number of aliphatic carboxylic acids is 1. The number of hydrogen-bond acceptors (Lipinski definition) is 7. The lowest BCUT2D eigenvalue weighted by Gasteiger charge is -2.09. The zero-order valence-corrected chi connectivity index (χ0v) is 11.7. The Labute approximate surface area is 128 Å². The number of halogens is 2. The lowest BCUT2D eigenvalue weighted by atomic mass is 10.1. The van der Waals surface area contributed by atoms with Crippen molar-refractivity contribution in [3.63, 3.8) is 0 Å². The van der Waals surface area contributed by atoms with Gasteiger partial charge in [-0.25, -0.2) is 23.7 Å². The first kappa shape index (κ1) is 16.2. The van der Waals surface area contributed by atoms with Gasteiger partial charge >= 0.3 is 5.97 Å². The van der Waals surface area contributed by atoms with E-state index < -0.39 is 17.6 Å². The molecule has 2 aromatic rings. The van der Waals surface area contributed by atoms with Crippen LogP contribution >= 0.6 is 0 Å². The molecule has 0 unspecified atom stereocenters. The van der Waals surface area contributed by atoms with Crippen LogP contribution in [-0.2, 0) is 4.79 Å². The Kier molecular flexibility index (Phi) is 4.74. The second kappa shape index (κ2) is 6.73. The number of carboxylic acids is 1. The average Bonchev–Trinajstić information content (AvgIpc) is 2.50. The summed E-state index contributed by atoms with van der Waals surface area (Å²) < 4.78 is 26.8. The largest absolute Gasteiger partial charge is 0.481 e. The molecule has 23 heavy (non-hydrogen) atoms. The molecule has 0 fully saturated rings. The van der Waals surface area contributed by atoms with Gasteiger partial charge in [0.05, 0.1) is 18.8 Å². The SMILES string of the molecule is N=C(c1ncc(F)c(NCCC(=O)O)n1)c1cc(F)cnc1N. The molecule has 2 rings (SSSR count). The lowest BCUT2D eigenvalue weighted by molar-refractivity contribution is -0.136. The van der Waals surface area contributed by atoms with Crippen molar-refractivity contribution in [2.24, 2.45) is 0 Å². The maximum Gasteiger partial charge on any atom is 0.305 e. The molecular weight excluding hydrogens is 310 g/mol. The normalized spacial score (nSPS) is 10.3. The molecular formula is C13H12F2N6O2. The van der Waals surface area contributed by atoms with E-state index in [1.54, 1.807) is 0 Å². The summed E-state index contributed by atoms with van der Waals surface area (Å²) in [4.78, 5) is 21.5. The molecule has 0 bridgehead atoms. The Morgan fingerprint density at radius 2 is 2.09 bits per heavy atom. The molecule has 2 heterocycles. The first-order chi connectivity index (χ1) is 10.9. The highest BCUT2D eigenvalue weighted by atomic mass is 19.1. The number of pyridine rings is 1. The Balaban J connectivity index is 2.27. The summed E-state index contributed by atoms with van der Waals surface area (Å²) in [6.07, 6.45) is 1.48. The van der Waals surface area contributed by atoms with Crippen LogP contribution in [0.5, 0.6) is 0 Å². The number of anilines is 2. The van der Waals surface area contributed by atoms with E-state index in [0.717, 1.165) is 18.5 Å². The highest BCUT2D eigenvalue weighted by Crippen LogP contribution is 2.16. The molecule has 5 N–H and O–H groups in total. The van der Waals surface area contributed by atoms with Gasteiger partial charge < -0.3 is 16.2 Å². The van der Waals surface area contributed by atoms with Crippen molar-refractivity contribution in [1.29, 1.82) is 5.41 Å². The van der Waals surface area contributed by atoms with Gasteiger partial charge in [0.15, 0.2) is 17.5 Å². The van der Waals surface area contributed by atoms with Crippen LogP contribution in [-0.4, -0.2) is 38.3 Å². The topological polar surface area (TPSA) is 138 Å². The summed E-state index contributed by atoms with van der Waals surface area (Å²) in [7, 11) is 0. The van der Waals surface area contributed by atoms with Crippen LogP contribution in [0.1, 0.15) is 17.8 Å². The quantitative estimate of drug-likeness (QED) is 0.583. The van der Waals surface area contributed by atoms with E-state index in [4.69, 9.17) is 16.2 Å². The first-order valence-corrected chi connectivity index (χ1v) is 6.37. The summed E-state index contributed by atoms with van der Waals surface area (Å²) in [6, 6.07) is 0.995. The number of carbonyl (C=O) groups is 1. The van der Waals surface area contributed by atoms with Gasteiger partial charge in [-0.05, 0) is 6.07 Å².